The zero-order valence-electron chi connectivity index (χ0n) is 19.9. The second kappa shape index (κ2) is 11.2. The minimum atomic E-state index is -3.74. The molecule has 7 nitrogen and oxygen atoms in total. The first-order valence-electron chi connectivity index (χ1n) is 10.7. The van der Waals surface area contributed by atoms with Crippen molar-refractivity contribution in [3.05, 3.63) is 63.6 Å². The molecule has 1 N–H and O–H groups in total. The molecule has 0 aromatic heterocycles. The van der Waals surface area contributed by atoms with E-state index in [4.69, 9.17) is 0 Å². The van der Waals surface area contributed by atoms with Gasteiger partial charge in [-0.1, -0.05) is 34.1 Å². The van der Waals surface area contributed by atoms with Crippen LogP contribution in [0.4, 0.5) is 5.69 Å². The highest BCUT2D eigenvalue weighted by molar-refractivity contribution is 9.10. The van der Waals surface area contributed by atoms with Crippen LogP contribution in [0.3, 0.4) is 0 Å². The van der Waals surface area contributed by atoms with Gasteiger partial charge in [0, 0.05) is 17.1 Å². The lowest BCUT2D eigenvalue weighted by molar-refractivity contribution is -0.139. The van der Waals surface area contributed by atoms with E-state index in [1.165, 1.54) is 4.90 Å². The molecule has 0 spiro atoms. The van der Waals surface area contributed by atoms with E-state index >= 15 is 0 Å². The highest BCUT2D eigenvalue weighted by atomic mass is 79.9. The van der Waals surface area contributed by atoms with Gasteiger partial charge in [-0.25, -0.2) is 8.42 Å². The summed E-state index contributed by atoms with van der Waals surface area (Å²) in [4.78, 5) is 27.6. The largest absolute Gasteiger partial charge is 0.352 e. The van der Waals surface area contributed by atoms with Crippen LogP contribution in [0.15, 0.2) is 46.9 Å². The Bertz CT molecular complexity index is 1080. The monoisotopic (exact) mass is 537 g/mol. The van der Waals surface area contributed by atoms with Gasteiger partial charge in [0.25, 0.3) is 0 Å². The van der Waals surface area contributed by atoms with Crippen molar-refractivity contribution in [3.8, 4) is 0 Å². The average Bonchev–Trinajstić information content (AvgIpc) is 2.68. The molecule has 0 bridgehead atoms. The summed E-state index contributed by atoms with van der Waals surface area (Å²) in [6, 6.07) is 11.9. The maximum Gasteiger partial charge on any atom is 0.244 e. The Morgan fingerprint density at radius 1 is 1.00 bits per heavy atom. The highest BCUT2D eigenvalue weighted by Gasteiger charge is 2.30. The van der Waals surface area contributed by atoms with E-state index in [1.54, 1.807) is 19.1 Å². The van der Waals surface area contributed by atoms with E-state index < -0.39 is 28.5 Å². The minimum Gasteiger partial charge on any atom is -0.352 e. The number of benzene rings is 2. The zero-order chi connectivity index (χ0) is 24.9. The summed E-state index contributed by atoms with van der Waals surface area (Å²) in [7, 11) is -3.74. The summed E-state index contributed by atoms with van der Waals surface area (Å²) >= 11 is 3.39. The van der Waals surface area contributed by atoms with Crippen molar-refractivity contribution in [1.29, 1.82) is 0 Å². The van der Waals surface area contributed by atoms with Gasteiger partial charge in [-0.3, -0.25) is 13.9 Å². The maximum absolute atomic E-state index is 13.5. The van der Waals surface area contributed by atoms with Crippen molar-refractivity contribution >= 4 is 43.5 Å². The van der Waals surface area contributed by atoms with Gasteiger partial charge in [-0.05, 0) is 75.6 Å². The van der Waals surface area contributed by atoms with Gasteiger partial charge in [0.15, 0.2) is 0 Å². The number of anilines is 1. The molecule has 9 heteroatoms. The molecule has 0 saturated carbocycles. The van der Waals surface area contributed by atoms with Crippen molar-refractivity contribution in [3.63, 3.8) is 0 Å². The molecular formula is C24H32BrN3O4S. The van der Waals surface area contributed by atoms with Crippen molar-refractivity contribution in [2.75, 3.05) is 17.1 Å². The molecule has 33 heavy (non-hydrogen) atoms. The normalized spacial score (nSPS) is 12.4. The lowest BCUT2D eigenvalue weighted by atomic mass is 10.1. The van der Waals surface area contributed by atoms with E-state index in [-0.39, 0.29) is 18.5 Å². The second-order valence-electron chi connectivity index (χ2n) is 8.60. The fourth-order valence-electron chi connectivity index (χ4n) is 3.48. The first kappa shape index (κ1) is 26.9. The SMILES string of the molecule is Cc1cc(C)cc(N(CC(=O)N(Cc2ccc(Br)cc2)[C@@H](C)C(=O)NC(C)C)S(C)(=O)=O)c1. The topological polar surface area (TPSA) is 86.8 Å². The molecule has 2 aromatic carbocycles. The van der Waals surface area contributed by atoms with Crippen LogP contribution in [0.5, 0.6) is 0 Å². The quantitative estimate of drug-likeness (QED) is 0.527. The summed E-state index contributed by atoms with van der Waals surface area (Å²) in [5.41, 5.74) is 3.03. The Morgan fingerprint density at radius 2 is 1.55 bits per heavy atom. The predicted molar refractivity (Wildman–Crippen MR) is 136 cm³/mol. The van der Waals surface area contributed by atoms with Gasteiger partial charge in [-0.15, -0.1) is 0 Å². The summed E-state index contributed by atoms with van der Waals surface area (Å²) in [6.07, 6.45) is 1.08. The molecule has 0 aliphatic rings. The lowest BCUT2D eigenvalue weighted by Gasteiger charge is -2.32. The third kappa shape index (κ3) is 7.85. The molecule has 2 aromatic rings. The molecule has 2 amide bonds. The van der Waals surface area contributed by atoms with Gasteiger partial charge < -0.3 is 10.2 Å². The third-order valence-electron chi connectivity index (χ3n) is 5.04. The minimum absolute atomic E-state index is 0.0904. The molecular weight excluding hydrogens is 506 g/mol. The van der Waals surface area contributed by atoms with Crippen LogP contribution in [0, 0.1) is 13.8 Å². The number of carbonyl (C=O) groups excluding carboxylic acids is 2. The van der Waals surface area contributed by atoms with Gasteiger partial charge in [0.1, 0.15) is 12.6 Å². The molecule has 0 aliphatic heterocycles. The van der Waals surface area contributed by atoms with Crippen LogP contribution in [0.2, 0.25) is 0 Å². The van der Waals surface area contributed by atoms with E-state index in [9.17, 15) is 18.0 Å². The molecule has 2 rings (SSSR count). The molecule has 1 atom stereocenters. The van der Waals surface area contributed by atoms with E-state index in [0.29, 0.717) is 5.69 Å². The Morgan fingerprint density at radius 3 is 2.03 bits per heavy atom. The summed E-state index contributed by atoms with van der Waals surface area (Å²) in [5, 5.41) is 2.83. The van der Waals surface area contributed by atoms with Gasteiger partial charge in [0.05, 0.1) is 11.9 Å². The molecule has 0 heterocycles. The molecule has 0 aliphatic carbocycles. The zero-order valence-corrected chi connectivity index (χ0v) is 22.3. The van der Waals surface area contributed by atoms with E-state index in [2.05, 4.69) is 21.2 Å². The van der Waals surface area contributed by atoms with Gasteiger partial charge in [0.2, 0.25) is 21.8 Å². The van der Waals surface area contributed by atoms with Crippen LogP contribution in [-0.2, 0) is 26.2 Å². The number of halogens is 1. The van der Waals surface area contributed by atoms with Crippen LogP contribution in [-0.4, -0.2) is 50.0 Å². The first-order valence-corrected chi connectivity index (χ1v) is 13.3. The van der Waals surface area contributed by atoms with Crippen molar-refractivity contribution in [2.24, 2.45) is 0 Å². The number of amides is 2. The van der Waals surface area contributed by atoms with E-state index in [1.807, 2.05) is 58.0 Å². The Hall–Kier alpha value is -2.39. The Balaban J connectivity index is 2.41. The van der Waals surface area contributed by atoms with Crippen molar-refractivity contribution in [2.45, 2.75) is 53.2 Å². The summed E-state index contributed by atoms with van der Waals surface area (Å²) in [6.45, 7) is 8.85. The summed E-state index contributed by atoms with van der Waals surface area (Å²) in [5.74, 6) is -0.762. The number of sulfonamides is 1. The number of hydrogen-bond acceptors (Lipinski definition) is 4. The number of carbonyl (C=O) groups is 2. The molecule has 180 valence electrons. The van der Waals surface area contributed by atoms with Crippen molar-refractivity contribution in [1.82, 2.24) is 10.2 Å². The molecule has 0 radical (unpaired) electrons. The fourth-order valence-corrected chi connectivity index (χ4v) is 4.58. The Labute approximate surface area is 205 Å². The highest BCUT2D eigenvalue weighted by Crippen LogP contribution is 2.22. The van der Waals surface area contributed by atoms with Gasteiger partial charge in [-0.2, -0.15) is 0 Å². The molecule has 0 saturated heterocycles. The molecule has 0 unspecified atom stereocenters. The standard InChI is InChI=1S/C24H32BrN3O4S/c1-16(2)26-24(30)19(5)27(14-20-7-9-21(25)10-8-20)23(29)15-28(33(6,31)32)22-12-17(3)11-18(4)13-22/h7-13,16,19H,14-15H2,1-6H3,(H,26,30)/t19-/m0/s1. The number of rotatable bonds is 9. The predicted octanol–water partition coefficient (Wildman–Crippen LogP) is 3.77. The molecule has 0 fully saturated rings. The second-order valence-corrected chi connectivity index (χ2v) is 11.4. The van der Waals surface area contributed by atoms with Crippen LogP contribution in [0.1, 0.15) is 37.5 Å². The van der Waals surface area contributed by atoms with E-state index in [0.717, 1.165) is 31.7 Å². The lowest BCUT2D eigenvalue weighted by Crippen LogP contribution is -2.52. The number of hydrogen-bond donors (Lipinski definition) is 1. The van der Waals surface area contributed by atoms with Crippen LogP contribution >= 0.6 is 15.9 Å². The van der Waals surface area contributed by atoms with Gasteiger partial charge >= 0.3 is 0 Å². The van der Waals surface area contributed by atoms with Crippen LogP contribution in [0.25, 0.3) is 0 Å². The third-order valence-corrected chi connectivity index (χ3v) is 6.71. The maximum atomic E-state index is 13.5. The average molecular weight is 539 g/mol. The Kier molecular flexibility index (Phi) is 9.08. The number of nitrogens with one attached hydrogen (secondary N) is 1. The first-order chi connectivity index (χ1) is 15.3. The number of aryl methyl sites for hydroxylation is 2. The smallest absolute Gasteiger partial charge is 0.244 e. The van der Waals surface area contributed by atoms with Crippen LogP contribution < -0.4 is 9.62 Å². The number of nitrogens with zero attached hydrogens (tertiary/aromatic N) is 2. The fraction of sp³-hybridized carbons (Fsp3) is 0.417. The summed E-state index contributed by atoms with van der Waals surface area (Å²) < 4.78 is 27.2. The van der Waals surface area contributed by atoms with Crippen molar-refractivity contribution < 1.29 is 18.0 Å².